The van der Waals surface area contributed by atoms with Crippen molar-refractivity contribution in [2.75, 3.05) is 4.72 Å². The molecule has 0 saturated heterocycles. The number of sulfonamides is 1. The highest BCUT2D eigenvalue weighted by molar-refractivity contribution is 14.1. The summed E-state index contributed by atoms with van der Waals surface area (Å²) >= 11 is 2.11. The summed E-state index contributed by atoms with van der Waals surface area (Å²) in [6.07, 6.45) is 0. The van der Waals surface area contributed by atoms with Crippen molar-refractivity contribution in [3.8, 4) is 0 Å². The first kappa shape index (κ1) is 14.3. The van der Waals surface area contributed by atoms with Crippen LogP contribution in [-0.2, 0) is 16.6 Å². The largest absolute Gasteiger partial charge is 0.326 e. The lowest BCUT2D eigenvalue weighted by atomic mass is 10.3. The van der Waals surface area contributed by atoms with Crippen LogP contribution >= 0.6 is 22.6 Å². The van der Waals surface area contributed by atoms with Gasteiger partial charge in [0.2, 0.25) is 5.03 Å². The van der Waals surface area contributed by atoms with E-state index in [0.717, 1.165) is 3.57 Å². The maximum absolute atomic E-state index is 12.3. The molecule has 0 saturated carbocycles. The van der Waals surface area contributed by atoms with Gasteiger partial charge in [-0.3, -0.25) is 9.82 Å². The lowest BCUT2D eigenvalue weighted by Crippen LogP contribution is -2.16. The average molecular weight is 392 g/mol. The molecule has 1 heterocycles. The molecule has 102 valence electrons. The zero-order chi connectivity index (χ0) is 14.0. The van der Waals surface area contributed by atoms with Crippen LogP contribution in [0.2, 0.25) is 0 Å². The first-order chi connectivity index (χ1) is 8.94. The molecule has 0 aliphatic rings. The van der Waals surface area contributed by atoms with Gasteiger partial charge >= 0.3 is 0 Å². The molecule has 1 aromatic carbocycles. The molecule has 0 atom stereocenters. The zero-order valence-corrected chi connectivity index (χ0v) is 13.1. The van der Waals surface area contributed by atoms with Gasteiger partial charge in [-0.1, -0.05) is 6.07 Å². The minimum atomic E-state index is -3.73. The predicted octanol–water partition coefficient (Wildman–Crippen LogP) is 1.58. The maximum atomic E-state index is 12.3. The lowest BCUT2D eigenvalue weighted by Gasteiger charge is -2.07. The summed E-state index contributed by atoms with van der Waals surface area (Å²) in [6.45, 7) is 1.85. The fourth-order valence-corrected chi connectivity index (χ4v) is 3.45. The molecule has 8 heteroatoms. The van der Waals surface area contributed by atoms with Crippen molar-refractivity contribution in [1.29, 1.82) is 0 Å². The van der Waals surface area contributed by atoms with Gasteiger partial charge in [0, 0.05) is 27.1 Å². The van der Waals surface area contributed by atoms with E-state index in [4.69, 9.17) is 5.73 Å². The van der Waals surface area contributed by atoms with Crippen LogP contribution in [-0.4, -0.2) is 18.6 Å². The summed E-state index contributed by atoms with van der Waals surface area (Å²) in [6, 6.07) is 7.07. The third kappa shape index (κ3) is 3.07. The Morgan fingerprint density at radius 2 is 2.21 bits per heavy atom. The number of hydrogen-bond donors (Lipinski definition) is 3. The van der Waals surface area contributed by atoms with Crippen LogP contribution < -0.4 is 10.5 Å². The van der Waals surface area contributed by atoms with Crippen molar-refractivity contribution in [3.05, 3.63) is 39.1 Å². The van der Waals surface area contributed by atoms with Crippen LogP contribution in [0.1, 0.15) is 11.3 Å². The van der Waals surface area contributed by atoms with Crippen LogP contribution in [0.5, 0.6) is 0 Å². The van der Waals surface area contributed by atoms with Gasteiger partial charge in [0.15, 0.2) is 0 Å². The summed E-state index contributed by atoms with van der Waals surface area (Å²) in [5, 5.41) is 6.41. The summed E-state index contributed by atoms with van der Waals surface area (Å²) < 4.78 is 27.9. The Kier molecular flexibility index (Phi) is 4.11. The standard InChI is InChI=1S/C11H13IN4O2S/c1-7-10(6-13)11(15-14-7)19(17,18)16-9-4-2-3-8(12)5-9/h2-5,16H,6,13H2,1H3,(H,14,15). The summed E-state index contributed by atoms with van der Waals surface area (Å²) in [5.74, 6) is 0. The Morgan fingerprint density at radius 3 is 2.84 bits per heavy atom. The van der Waals surface area contributed by atoms with Crippen molar-refractivity contribution < 1.29 is 8.42 Å². The molecular weight excluding hydrogens is 379 g/mol. The van der Waals surface area contributed by atoms with E-state index in [2.05, 4.69) is 37.5 Å². The number of nitrogens with one attached hydrogen (secondary N) is 2. The molecule has 2 aromatic rings. The number of aromatic amines is 1. The normalized spacial score (nSPS) is 11.5. The van der Waals surface area contributed by atoms with Gasteiger partial charge in [-0.05, 0) is 47.7 Å². The molecule has 19 heavy (non-hydrogen) atoms. The summed E-state index contributed by atoms with van der Waals surface area (Å²) in [7, 11) is -3.73. The Bertz CT molecular complexity index is 696. The third-order valence-electron chi connectivity index (χ3n) is 2.57. The van der Waals surface area contributed by atoms with Gasteiger partial charge in [0.05, 0.1) is 0 Å². The van der Waals surface area contributed by atoms with Crippen molar-refractivity contribution in [2.24, 2.45) is 5.73 Å². The first-order valence-electron chi connectivity index (χ1n) is 5.46. The number of hydrogen-bond acceptors (Lipinski definition) is 4. The SMILES string of the molecule is Cc1[nH]nc(S(=O)(=O)Nc2cccc(I)c2)c1CN. The van der Waals surface area contributed by atoms with E-state index in [1.165, 1.54) is 0 Å². The first-order valence-corrected chi connectivity index (χ1v) is 8.02. The highest BCUT2D eigenvalue weighted by atomic mass is 127. The maximum Gasteiger partial charge on any atom is 0.281 e. The smallest absolute Gasteiger partial charge is 0.281 e. The second kappa shape index (κ2) is 5.47. The molecule has 6 nitrogen and oxygen atoms in total. The van der Waals surface area contributed by atoms with Gasteiger partial charge in [-0.2, -0.15) is 13.5 Å². The number of anilines is 1. The molecule has 0 bridgehead atoms. The van der Waals surface area contributed by atoms with Crippen LogP contribution in [0.25, 0.3) is 0 Å². The summed E-state index contributed by atoms with van der Waals surface area (Å²) in [5.41, 5.74) is 7.21. The predicted molar refractivity (Wildman–Crippen MR) is 81.2 cm³/mol. The van der Waals surface area contributed by atoms with Crippen LogP contribution in [0, 0.1) is 10.5 Å². The molecule has 0 radical (unpaired) electrons. The van der Waals surface area contributed by atoms with Gasteiger partial charge in [0.25, 0.3) is 10.0 Å². The van der Waals surface area contributed by atoms with Crippen LogP contribution in [0.3, 0.4) is 0 Å². The Balaban J connectivity index is 2.38. The van der Waals surface area contributed by atoms with E-state index in [-0.39, 0.29) is 11.6 Å². The van der Waals surface area contributed by atoms with E-state index >= 15 is 0 Å². The number of nitrogens with zero attached hydrogens (tertiary/aromatic N) is 1. The van der Waals surface area contributed by atoms with E-state index in [1.807, 2.05) is 6.07 Å². The van der Waals surface area contributed by atoms with Crippen molar-refractivity contribution in [3.63, 3.8) is 0 Å². The molecule has 0 fully saturated rings. The number of aromatic nitrogens is 2. The molecule has 1 aromatic heterocycles. The Hall–Kier alpha value is -1.13. The molecule has 0 aliphatic heterocycles. The molecule has 0 amide bonds. The van der Waals surface area contributed by atoms with Gasteiger partial charge in [-0.25, -0.2) is 0 Å². The van der Waals surface area contributed by atoms with Crippen molar-refractivity contribution in [2.45, 2.75) is 18.5 Å². The molecule has 0 spiro atoms. The van der Waals surface area contributed by atoms with Crippen molar-refractivity contribution >= 4 is 38.3 Å². The van der Waals surface area contributed by atoms with E-state index in [0.29, 0.717) is 16.9 Å². The Morgan fingerprint density at radius 1 is 1.47 bits per heavy atom. The fourth-order valence-electron chi connectivity index (χ4n) is 1.65. The van der Waals surface area contributed by atoms with E-state index in [9.17, 15) is 8.42 Å². The third-order valence-corrected chi connectivity index (χ3v) is 4.59. The zero-order valence-electron chi connectivity index (χ0n) is 10.1. The number of benzene rings is 1. The number of H-pyrrole nitrogens is 1. The topological polar surface area (TPSA) is 101 Å². The molecule has 4 N–H and O–H groups in total. The van der Waals surface area contributed by atoms with Crippen LogP contribution in [0.15, 0.2) is 29.3 Å². The monoisotopic (exact) mass is 392 g/mol. The van der Waals surface area contributed by atoms with Crippen LogP contribution in [0.4, 0.5) is 5.69 Å². The molecular formula is C11H13IN4O2S. The van der Waals surface area contributed by atoms with Gasteiger partial charge in [-0.15, -0.1) is 0 Å². The minimum absolute atomic E-state index is 0.0497. The number of aryl methyl sites for hydroxylation is 1. The minimum Gasteiger partial charge on any atom is -0.326 e. The lowest BCUT2D eigenvalue weighted by molar-refractivity contribution is 0.596. The van der Waals surface area contributed by atoms with E-state index in [1.54, 1.807) is 25.1 Å². The summed E-state index contributed by atoms with van der Waals surface area (Å²) in [4.78, 5) is 0. The quantitative estimate of drug-likeness (QED) is 0.688. The van der Waals surface area contributed by atoms with Gasteiger partial charge < -0.3 is 5.73 Å². The number of nitrogens with two attached hydrogens (primary N) is 1. The highest BCUT2D eigenvalue weighted by Gasteiger charge is 2.23. The molecule has 0 unspecified atom stereocenters. The highest BCUT2D eigenvalue weighted by Crippen LogP contribution is 2.20. The number of halogens is 1. The second-order valence-electron chi connectivity index (χ2n) is 3.95. The van der Waals surface area contributed by atoms with E-state index < -0.39 is 10.0 Å². The Labute approximate surface area is 125 Å². The molecule has 0 aliphatic carbocycles. The molecule has 2 rings (SSSR count). The van der Waals surface area contributed by atoms with Gasteiger partial charge in [0.1, 0.15) is 0 Å². The van der Waals surface area contributed by atoms with Crippen molar-refractivity contribution in [1.82, 2.24) is 10.2 Å². The average Bonchev–Trinajstić information content (AvgIpc) is 2.70. The second-order valence-corrected chi connectivity index (χ2v) is 6.80. The number of rotatable bonds is 4. The fraction of sp³-hybridized carbons (Fsp3) is 0.182.